The number of aromatic nitrogens is 1. The van der Waals surface area contributed by atoms with Gasteiger partial charge in [-0.3, -0.25) is 4.98 Å². The Morgan fingerprint density at radius 2 is 2.05 bits per heavy atom. The van der Waals surface area contributed by atoms with Crippen LogP contribution >= 0.6 is 11.6 Å². The van der Waals surface area contributed by atoms with Gasteiger partial charge in [-0.2, -0.15) is 0 Å². The summed E-state index contributed by atoms with van der Waals surface area (Å²) < 4.78 is 27.4. The lowest BCUT2D eigenvalue weighted by molar-refractivity contribution is 0.517. The Kier molecular flexibility index (Phi) is 4.45. The number of pyridine rings is 1. The predicted molar refractivity (Wildman–Crippen MR) is 71.1 cm³/mol. The van der Waals surface area contributed by atoms with E-state index in [2.05, 4.69) is 10.3 Å². The molecular weight excluding hydrogens is 270 g/mol. The predicted octanol–water partition coefficient (Wildman–Crippen LogP) is 3.52. The molecule has 1 aromatic carbocycles. The number of benzene rings is 1. The average Bonchev–Trinajstić information content (AvgIpc) is 2.40. The van der Waals surface area contributed by atoms with Crippen molar-refractivity contribution in [2.24, 2.45) is 0 Å². The third kappa shape index (κ3) is 3.08. The van der Waals surface area contributed by atoms with Crippen LogP contribution in [0.1, 0.15) is 17.2 Å². The number of halogens is 3. The minimum atomic E-state index is -0.422. The molecule has 100 valence electrons. The third-order valence-electron chi connectivity index (χ3n) is 3.00. The molecule has 2 nitrogen and oxygen atoms in total. The first-order chi connectivity index (χ1) is 9.13. The normalized spacial score (nSPS) is 12.4. The first-order valence-corrected chi connectivity index (χ1v) is 6.21. The lowest BCUT2D eigenvalue weighted by Gasteiger charge is -2.18. The van der Waals surface area contributed by atoms with Crippen molar-refractivity contribution in [1.29, 1.82) is 0 Å². The molecule has 0 aliphatic carbocycles. The van der Waals surface area contributed by atoms with Crippen molar-refractivity contribution in [2.45, 2.75) is 12.5 Å². The van der Waals surface area contributed by atoms with Gasteiger partial charge >= 0.3 is 0 Å². The summed E-state index contributed by atoms with van der Waals surface area (Å²) in [6, 6.07) is 5.72. The van der Waals surface area contributed by atoms with Crippen LogP contribution in [0.25, 0.3) is 0 Å². The summed E-state index contributed by atoms with van der Waals surface area (Å²) in [5.41, 5.74) is 0.816. The fourth-order valence-corrected chi connectivity index (χ4v) is 2.21. The molecule has 0 fully saturated rings. The first kappa shape index (κ1) is 13.9. The van der Waals surface area contributed by atoms with Crippen molar-refractivity contribution in [3.8, 4) is 0 Å². The molecule has 0 bridgehead atoms. The van der Waals surface area contributed by atoms with Crippen LogP contribution in [-0.4, -0.2) is 12.0 Å². The molecule has 1 N–H and O–H groups in total. The molecular formula is C14H13ClF2N2. The molecule has 1 aromatic heterocycles. The Bertz CT molecular complexity index is 555. The highest BCUT2D eigenvalue weighted by molar-refractivity contribution is 6.31. The third-order valence-corrected chi connectivity index (χ3v) is 3.35. The van der Waals surface area contributed by atoms with Gasteiger partial charge < -0.3 is 5.32 Å². The van der Waals surface area contributed by atoms with Crippen molar-refractivity contribution >= 4 is 11.6 Å². The van der Waals surface area contributed by atoms with E-state index in [1.807, 2.05) is 0 Å². The Labute approximate surface area is 115 Å². The summed E-state index contributed by atoms with van der Waals surface area (Å²) in [4.78, 5) is 3.70. The topological polar surface area (TPSA) is 24.9 Å². The maximum Gasteiger partial charge on any atom is 0.146 e. The van der Waals surface area contributed by atoms with Gasteiger partial charge in [0.25, 0.3) is 0 Å². The quantitative estimate of drug-likeness (QED) is 0.928. The van der Waals surface area contributed by atoms with E-state index >= 15 is 0 Å². The van der Waals surface area contributed by atoms with Gasteiger partial charge in [-0.05, 0) is 31.7 Å². The van der Waals surface area contributed by atoms with Gasteiger partial charge in [-0.15, -0.1) is 0 Å². The second-order valence-electron chi connectivity index (χ2n) is 4.14. The molecule has 0 amide bonds. The monoisotopic (exact) mass is 282 g/mol. The zero-order valence-corrected chi connectivity index (χ0v) is 11.1. The number of nitrogens with one attached hydrogen (secondary N) is 1. The number of nitrogens with zero attached hydrogens (tertiary/aromatic N) is 1. The number of likely N-dealkylation sites (N-methyl/N-ethyl adjacent to an activating group) is 1. The standard InChI is InChI=1S/C14H13ClF2N2/c1-18-14(9-5-6-19-8-13(9)17)7-10-11(15)3-2-4-12(10)16/h2-6,8,14,18H,7H2,1H3. The molecule has 1 atom stereocenters. The number of rotatable bonds is 4. The van der Waals surface area contributed by atoms with E-state index in [1.165, 1.54) is 12.3 Å². The maximum atomic E-state index is 13.7. The molecule has 2 aromatic rings. The van der Waals surface area contributed by atoms with Crippen LogP contribution in [0, 0.1) is 11.6 Å². The van der Waals surface area contributed by atoms with E-state index < -0.39 is 5.82 Å². The highest BCUT2D eigenvalue weighted by atomic mass is 35.5. The summed E-state index contributed by atoms with van der Waals surface area (Å²) in [6.45, 7) is 0. The lowest BCUT2D eigenvalue weighted by Crippen LogP contribution is -2.21. The summed E-state index contributed by atoms with van der Waals surface area (Å²) in [5, 5.41) is 3.31. The van der Waals surface area contributed by atoms with Crippen molar-refractivity contribution in [2.75, 3.05) is 7.05 Å². The van der Waals surface area contributed by atoms with Crippen molar-refractivity contribution < 1.29 is 8.78 Å². The summed E-state index contributed by atoms with van der Waals surface area (Å²) in [6.07, 6.45) is 2.91. The van der Waals surface area contributed by atoms with E-state index in [9.17, 15) is 8.78 Å². The molecule has 1 heterocycles. The van der Waals surface area contributed by atoms with Crippen LogP contribution in [0.3, 0.4) is 0 Å². The van der Waals surface area contributed by atoms with Gasteiger partial charge in [0.15, 0.2) is 0 Å². The maximum absolute atomic E-state index is 13.7. The SMILES string of the molecule is CNC(Cc1c(F)cccc1Cl)c1ccncc1F. The van der Waals surface area contributed by atoms with Crippen LogP contribution in [0.15, 0.2) is 36.7 Å². The summed E-state index contributed by atoms with van der Waals surface area (Å²) in [7, 11) is 1.69. The molecule has 0 aliphatic heterocycles. The fraction of sp³-hybridized carbons (Fsp3) is 0.214. The Balaban J connectivity index is 2.32. The minimum absolute atomic E-state index is 0.267. The summed E-state index contributed by atoms with van der Waals surface area (Å²) in [5.74, 6) is -0.809. The molecule has 0 spiro atoms. The zero-order valence-electron chi connectivity index (χ0n) is 10.3. The largest absolute Gasteiger partial charge is 0.313 e. The highest BCUT2D eigenvalue weighted by Crippen LogP contribution is 2.26. The second kappa shape index (κ2) is 6.08. The summed E-state index contributed by atoms with van der Waals surface area (Å²) >= 11 is 5.98. The van der Waals surface area contributed by atoms with Gasteiger partial charge in [0.1, 0.15) is 11.6 Å². The van der Waals surface area contributed by atoms with Crippen molar-refractivity contribution in [3.63, 3.8) is 0 Å². The van der Waals surface area contributed by atoms with Crippen LogP contribution < -0.4 is 5.32 Å². The Morgan fingerprint density at radius 3 is 2.68 bits per heavy atom. The van der Waals surface area contributed by atoms with E-state index in [-0.39, 0.29) is 18.3 Å². The molecule has 19 heavy (non-hydrogen) atoms. The van der Waals surface area contributed by atoms with Gasteiger partial charge in [0, 0.05) is 28.4 Å². The van der Waals surface area contributed by atoms with Crippen LogP contribution in [0.5, 0.6) is 0 Å². The molecule has 5 heteroatoms. The highest BCUT2D eigenvalue weighted by Gasteiger charge is 2.18. The minimum Gasteiger partial charge on any atom is -0.313 e. The molecule has 2 rings (SSSR count). The van der Waals surface area contributed by atoms with Gasteiger partial charge in [-0.25, -0.2) is 8.78 Å². The molecule has 0 aliphatic rings. The Morgan fingerprint density at radius 1 is 1.26 bits per heavy atom. The Hall–Kier alpha value is -1.52. The van der Waals surface area contributed by atoms with Crippen molar-refractivity contribution in [1.82, 2.24) is 10.3 Å². The average molecular weight is 283 g/mol. The number of hydrogen-bond acceptors (Lipinski definition) is 2. The van der Waals surface area contributed by atoms with E-state index in [0.717, 1.165) is 6.20 Å². The van der Waals surface area contributed by atoms with Gasteiger partial charge in [0.05, 0.1) is 6.20 Å². The smallest absolute Gasteiger partial charge is 0.146 e. The van der Waals surface area contributed by atoms with E-state index in [4.69, 9.17) is 11.6 Å². The molecule has 0 radical (unpaired) electrons. The van der Waals surface area contributed by atoms with Crippen LogP contribution in [-0.2, 0) is 6.42 Å². The van der Waals surface area contributed by atoms with Gasteiger partial charge in [0.2, 0.25) is 0 Å². The molecule has 0 saturated carbocycles. The second-order valence-corrected chi connectivity index (χ2v) is 4.55. The molecule has 0 saturated heterocycles. The van der Waals surface area contributed by atoms with Crippen LogP contribution in [0.4, 0.5) is 8.78 Å². The zero-order chi connectivity index (χ0) is 13.8. The van der Waals surface area contributed by atoms with E-state index in [0.29, 0.717) is 16.1 Å². The van der Waals surface area contributed by atoms with Crippen molar-refractivity contribution in [3.05, 3.63) is 64.4 Å². The van der Waals surface area contributed by atoms with Crippen LogP contribution in [0.2, 0.25) is 5.02 Å². The lowest BCUT2D eigenvalue weighted by atomic mass is 9.99. The number of hydrogen-bond donors (Lipinski definition) is 1. The first-order valence-electron chi connectivity index (χ1n) is 5.83. The van der Waals surface area contributed by atoms with Gasteiger partial charge in [-0.1, -0.05) is 17.7 Å². The fourth-order valence-electron chi connectivity index (χ4n) is 1.97. The van der Waals surface area contributed by atoms with E-state index in [1.54, 1.807) is 25.2 Å². The molecule has 1 unspecified atom stereocenters.